The van der Waals surface area contributed by atoms with Crippen LogP contribution in [0.3, 0.4) is 0 Å². The van der Waals surface area contributed by atoms with E-state index in [2.05, 4.69) is 9.55 Å². The van der Waals surface area contributed by atoms with E-state index >= 15 is 0 Å². The molecule has 0 N–H and O–H groups in total. The van der Waals surface area contributed by atoms with E-state index in [9.17, 15) is 4.39 Å². The number of imidazole rings is 1. The Morgan fingerprint density at radius 2 is 2.15 bits per heavy atom. The Balaban J connectivity index is 2.09. The van der Waals surface area contributed by atoms with Gasteiger partial charge in [-0.3, -0.25) is 0 Å². The Kier molecular flexibility index (Phi) is 3.56. The van der Waals surface area contributed by atoms with E-state index in [-0.39, 0.29) is 11.9 Å². The van der Waals surface area contributed by atoms with Crippen molar-refractivity contribution >= 4 is 22.6 Å². The van der Waals surface area contributed by atoms with Gasteiger partial charge in [0.1, 0.15) is 5.82 Å². The lowest BCUT2D eigenvalue weighted by Gasteiger charge is -2.36. The SMILES string of the molecule is COc1cc2c(cc1F)nc(CCl)n2C1CC(OC)C1. The molecule has 1 heterocycles. The van der Waals surface area contributed by atoms with Gasteiger partial charge in [0, 0.05) is 25.3 Å². The van der Waals surface area contributed by atoms with Gasteiger partial charge in [0.15, 0.2) is 11.6 Å². The zero-order chi connectivity index (χ0) is 14.3. The molecule has 0 saturated heterocycles. The summed E-state index contributed by atoms with van der Waals surface area (Å²) < 4.78 is 26.2. The predicted molar refractivity (Wildman–Crippen MR) is 74.9 cm³/mol. The fourth-order valence-corrected chi connectivity index (χ4v) is 2.93. The third kappa shape index (κ3) is 2.05. The summed E-state index contributed by atoms with van der Waals surface area (Å²) in [6.45, 7) is 0. The summed E-state index contributed by atoms with van der Waals surface area (Å²) in [6.07, 6.45) is 2.12. The van der Waals surface area contributed by atoms with Gasteiger partial charge in [-0.1, -0.05) is 0 Å². The summed E-state index contributed by atoms with van der Waals surface area (Å²) in [6, 6.07) is 3.38. The first kappa shape index (κ1) is 13.6. The molecule has 1 aliphatic carbocycles. The van der Waals surface area contributed by atoms with Crippen LogP contribution in [0, 0.1) is 5.82 Å². The molecule has 0 bridgehead atoms. The number of hydrogen-bond donors (Lipinski definition) is 0. The number of nitrogens with zero attached hydrogens (tertiary/aromatic N) is 2. The number of benzene rings is 1. The van der Waals surface area contributed by atoms with Crippen LogP contribution in [0.1, 0.15) is 24.7 Å². The van der Waals surface area contributed by atoms with Crippen LogP contribution < -0.4 is 4.74 Å². The van der Waals surface area contributed by atoms with E-state index in [1.165, 1.54) is 13.2 Å². The molecule has 2 aromatic rings. The Labute approximate surface area is 121 Å². The van der Waals surface area contributed by atoms with Crippen molar-refractivity contribution in [3.63, 3.8) is 0 Å². The molecule has 1 aromatic heterocycles. The minimum atomic E-state index is -0.408. The van der Waals surface area contributed by atoms with Gasteiger partial charge < -0.3 is 14.0 Å². The third-order valence-electron chi connectivity index (χ3n) is 3.92. The minimum absolute atomic E-state index is 0.224. The lowest BCUT2D eigenvalue weighted by atomic mass is 9.88. The van der Waals surface area contributed by atoms with Crippen molar-refractivity contribution in [2.45, 2.75) is 30.9 Å². The number of hydrogen-bond acceptors (Lipinski definition) is 3. The van der Waals surface area contributed by atoms with E-state index in [0.29, 0.717) is 17.4 Å². The second-order valence-corrected chi connectivity index (χ2v) is 5.26. The van der Waals surface area contributed by atoms with Gasteiger partial charge in [0.2, 0.25) is 0 Å². The maximum atomic E-state index is 13.8. The second kappa shape index (κ2) is 5.22. The average molecular weight is 299 g/mol. The molecular weight excluding hydrogens is 283 g/mol. The van der Waals surface area contributed by atoms with Gasteiger partial charge in [0.25, 0.3) is 0 Å². The minimum Gasteiger partial charge on any atom is -0.494 e. The summed E-state index contributed by atoms with van der Waals surface area (Å²) in [5, 5.41) is 0. The molecule has 1 saturated carbocycles. The van der Waals surface area contributed by atoms with Crippen molar-refractivity contribution in [2.24, 2.45) is 0 Å². The maximum absolute atomic E-state index is 13.8. The molecule has 1 aliphatic rings. The van der Waals surface area contributed by atoms with Crippen molar-refractivity contribution in [1.29, 1.82) is 0 Å². The van der Waals surface area contributed by atoms with Crippen LogP contribution in [0.5, 0.6) is 5.75 Å². The average Bonchev–Trinajstić information content (AvgIpc) is 2.74. The van der Waals surface area contributed by atoms with Gasteiger partial charge in [-0.05, 0) is 12.8 Å². The molecule has 0 aliphatic heterocycles. The van der Waals surface area contributed by atoms with Gasteiger partial charge in [-0.15, -0.1) is 11.6 Å². The van der Waals surface area contributed by atoms with Crippen LogP contribution >= 0.6 is 11.6 Å². The zero-order valence-electron chi connectivity index (χ0n) is 11.4. The number of alkyl halides is 1. The summed E-state index contributed by atoms with van der Waals surface area (Å²) in [4.78, 5) is 4.42. The third-order valence-corrected chi connectivity index (χ3v) is 4.16. The smallest absolute Gasteiger partial charge is 0.167 e. The van der Waals surface area contributed by atoms with Crippen LogP contribution in [0.4, 0.5) is 4.39 Å². The number of ether oxygens (including phenoxy) is 2. The van der Waals surface area contributed by atoms with Gasteiger partial charge in [-0.25, -0.2) is 9.37 Å². The maximum Gasteiger partial charge on any atom is 0.167 e. The van der Waals surface area contributed by atoms with E-state index in [1.54, 1.807) is 13.2 Å². The molecule has 1 aromatic carbocycles. The summed E-state index contributed by atoms with van der Waals surface area (Å²) in [5.74, 6) is 0.873. The Morgan fingerprint density at radius 1 is 1.40 bits per heavy atom. The molecule has 20 heavy (non-hydrogen) atoms. The van der Waals surface area contributed by atoms with E-state index in [1.807, 2.05) is 0 Å². The van der Waals surface area contributed by atoms with Crippen molar-refractivity contribution in [3.05, 3.63) is 23.8 Å². The molecule has 0 radical (unpaired) electrons. The van der Waals surface area contributed by atoms with Gasteiger partial charge in [0.05, 0.1) is 30.1 Å². The summed E-state index contributed by atoms with van der Waals surface area (Å²) in [5.41, 5.74) is 1.47. The van der Waals surface area contributed by atoms with E-state index < -0.39 is 5.82 Å². The molecule has 0 spiro atoms. The lowest BCUT2D eigenvalue weighted by molar-refractivity contribution is 0.00674. The number of rotatable bonds is 4. The molecule has 6 heteroatoms. The second-order valence-electron chi connectivity index (χ2n) is 4.99. The Morgan fingerprint density at radius 3 is 2.75 bits per heavy atom. The molecule has 3 rings (SSSR count). The summed E-state index contributed by atoms with van der Waals surface area (Å²) >= 11 is 5.97. The highest BCUT2D eigenvalue weighted by atomic mass is 35.5. The highest BCUT2D eigenvalue weighted by Crippen LogP contribution is 2.38. The standard InChI is InChI=1S/C14H16ClFN2O2/c1-19-9-3-8(4-9)18-12-6-13(20-2)10(16)5-11(12)17-14(18)7-15/h5-6,8-9H,3-4,7H2,1-2H3. The van der Waals surface area contributed by atoms with Crippen molar-refractivity contribution in [2.75, 3.05) is 14.2 Å². The molecule has 0 unspecified atom stereocenters. The molecule has 0 atom stereocenters. The van der Waals surface area contributed by atoms with Crippen molar-refractivity contribution < 1.29 is 13.9 Å². The quantitative estimate of drug-likeness (QED) is 0.813. The van der Waals surface area contributed by atoms with Crippen LogP contribution in [-0.2, 0) is 10.6 Å². The number of halogens is 2. The van der Waals surface area contributed by atoms with Crippen LogP contribution in [-0.4, -0.2) is 29.9 Å². The van der Waals surface area contributed by atoms with Crippen LogP contribution in [0.2, 0.25) is 0 Å². The highest BCUT2D eigenvalue weighted by Gasteiger charge is 2.33. The topological polar surface area (TPSA) is 36.3 Å². The molecular formula is C14H16ClFN2O2. The monoisotopic (exact) mass is 298 g/mol. The normalized spacial score (nSPS) is 22.0. The lowest BCUT2D eigenvalue weighted by Crippen LogP contribution is -2.33. The van der Waals surface area contributed by atoms with Crippen LogP contribution in [0.25, 0.3) is 11.0 Å². The largest absolute Gasteiger partial charge is 0.494 e. The molecule has 1 fully saturated rings. The van der Waals surface area contributed by atoms with Gasteiger partial charge >= 0.3 is 0 Å². The number of fused-ring (bicyclic) bond motifs is 1. The van der Waals surface area contributed by atoms with Crippen molar-refractivity contribution in [3.8, 4) is 5.75 Å². The van der Waals surface area contributed by atoms with E-state index in [0.717, 1.165) is 24.2 Å². The number of methoxy groups -OCH3 is 2. The molecule has 0 amide bonds. The van der Waals surface area contributed by atoms with E-state index in [4.69, 9.17) is 21.1 Å². The first-order valence-electron chi connectivity index (χ1n) is 6.51. The first-order valence-corrected chi connectivity index (χ1v) is 7.04. The highest BCUT2D eigenvalue weighted by molar-refractivity contribution is 6.16. The van der Waals surface area contributed by atoms with Gasteiger partial charge in [-0.2, -0.15) is 0 Å². The number of aromatic nitrogens is 2. The fraction of sp³-hybridized carbons (Fsp3) is 0.500. The predicted octanol–water partition coefficient (Wildman–Crippen LogP) is 3.27. The molecule has 108 valence electrons. The molecule has 4 nitrogen and oxygen atoms in total. The fourth-order valence-electron chi connectivity index (χ4n) is 2.75. The Bertz CT molecular complexity index is 638. The first-order chi connectivity index (χ1) is 9.67. The van der Waals surface area contributed by atoms with Crippen molar-refractivity contribution in [1.82, 2.24) is 9.55 Å². The summed E-state index contributed by atoms with van der Waals surface area (Å²) in [7, 11) is 3.17. The Hall–Kier alpha value is -1.33. The van der Waals surface area contributed by atoms with Crippen LogP contribution in [0.15, 0.2) is 12.1 Å². The zero-order valence-corrected chi connectivity index (χ0v) is 12.2.